The summed E-state index contributed by atoms with van der Waals surface area (Å²) >= 11 is 0. The molecule has 1 aromatic carbocycles. The largest absolute Gasteiger partial charge is 0.348 e. The lowest BCUT2D eigenvalue weighted by Gasteiger charge is -2.31. The SMILES string of the molecule is Cc1cc(-c2nccnc2C)ccc1-c1cc2cnc(N[C@H]3C=CC(C4CCN(C)CC4)=CC3)nc2n(C)c1=O. The predicted molar refractivity (Wildman–Crippen MR) is 160 cm³/mol. The van der Waals surface area contributed by atoms with Crippen molar-refractivity contribution in [3.8, 4) is 22.4 Å². The lowest BCUT2D eigenvalue weighted by Crippen LogP contribution is -2.31. The minimum absolute atomic E-state index is 0.0908. The van der Waals surface area contributed by atoms with E-state index in [4.69, 9.17) is 4.98 Å². The maximum absolute atomic E-state index is 13.5. The fourth-order valence-corrected chi connectivity index (χ4v) is 5.87. The summed E-state index contributed by atoms with van der Waals surface area (Å²) in [6.07, 6.45) is 15.4. The average Bonchev–Trinajstić information content (AvgIpc) is 2.96. The third kappa shape index (κ3) is 5.07. The Bertz CT molecular complexity index is 1700. The zero-order chi connectivity index (χ0) is 27.8. The smallest absolute Gasteiger partial charge is 0.259 e. The molecule has 8 nitrogen and oxygen atoms in total. The van der Waals surface area contributed by atoms with Gasteiger partial charge in [0.25, 0.3) is 5.56 Å². The zero-order valence-corrected chi connectivity index (χ0v) is 23.6. The lowest BCUT2D eigenvalue weighted by atomic mass is 9.86. The molecule has 0 saturated carbocycles. The summed E-state index contributed by atoms with van der Waals surface area (Å²) in [5.74, 6) is 1.19. The highest BCUT2D eigenvalue weighted by atomic mass is 16.1. The lowest BCUT2D eigenvalue weighted by molar-refractivity contribution is 0.239. The number of hydrogen-bond acceptors (Lipinski definition) is 7. The van der Waals surface area contributed by atoms with Gasteiger partial charge in [-0.15, -0.1) is 0 Å². The number of likely N-dealkylation sites (tertiary alicyclic amines) is 1. The van der Waals surface area contributed by atoms with Crippen molar-refractivity contribution >= 4 is 17.0 Å². The minimum Gasteiger partial charge on any atom is -0.348 e. The van der Waals surface area contributed by atoms with E-state index in [1.165, 1.54) is 18.4 Å². The van der Waals surface area contributed by atoms with Gasteiger partial charge in [0.15, 0.2) is 0 Å². The number of rotatable bonds is 5. The molecule has 40 heavy (non-hydrogen) atoms. The van der Waals surface area contributed by atoms with Crippen LogP contribution in [0.25, 0.3) is 33.4 Å². The maximum atomic E-state index is 13.5. The van der Waals surface area contributed by atoms with Crippen molar-refractivity contribution in [3.05, 3.63) is 88.3 Å². The number of aromatic nitrogens is 5. The minimum atomic E-state index is -0.0908. The van der Waals surface area contributed by atoms with E-state index in [1.54, 1.807) is 30.2 Å². The van der Waals surface area contributed by atoms with Gasteiger partial charge in [0, 0.05) is 42.2 Å². The molecular formula is C32H35N7O. The van der Waals surface area contributed by atoms with Gasteiger partial charge in [-0.3, -0.25) is 19.3 Å². The van der Waals surface area contributed by atoms with Gasteiger partial charge in [0.05, 0.1) is 17.4 Å². The van der Waals surface area contributed by atoms with E-state index in [1.807, 2.05) is 32.0 Å². The van der Waals surface area contributed by atoms with Crippen molar-refractivity contribution in [3.63, 3.8) is 0 Å². The number of hydrogen-bond donors (Lipinski definition) is 1. The monoisotopic (exact) mass is 533 g/mol. The molecule has 0 spiro atoms. The molecule has 0 radical (unpaired) electrons. The van der Waals surface area contributed by atoms with Crippen molar-refractivity contribution in [2.24, 2.45) is 13.0 Å². The Morgan fingerprint density at radius 3 is 2.50 bits per heavy atom. The van der Waals surface area contributed by atoms with Crippen molar-refractivity contribution < 1.29 is 0 Å². The number of nitrogens with one attached hydrogen (secondary N) is 1. The van der Waals surface area contributed by atoms with Crippen LogP contribution in [-0.2, 0) is 7.05 Å². The highest BCUT2D eigenvalue weighted by Crippen LogP contribution is 2.30. The molecule has 1 atom stereocenters. The molecule has 0 unspecified atom stereocenters. The quantitative estimate of drug-likeness (QED) is 0.383. The van der Waals surface area contributed by atoms with Gasteiger partial charge in [-0.05, 0) is 88.0 Å². The number of pyridine rings is 1. The van der Waals surface area contributed by atoms with Crippen molar-refractivity contribution in [2.45, 2.75) is 39.2 Å². The molecule has 1 aliphatic heterocycles. The molecule has 0 amide bonds. The first kappa shape index (κ1) is 26.1. The van der Waals surface area contributed by atoms with Crippen LogP contribution in [0.15, 0.2) is 71.5 Å². The maximum Gasteiger partial charge on any atom is 0.259 e. The van der Waals surface area contributed by atoms with Gasteiger partial charge in [-0.25, -0.2) is 4.98 Å². The third-order valence-electron chi connectivity index (χ3n) is 8.25. The van der Waals surface area contributed by atoms with Crippen LogP contribution >= 0.6 is 0 Å². The molecule has 1 N–H and O–H groups in total. The first-order valence-electron chi connectivity index (χ1n) is 14.0. The summed E-state index contributed by atoms with van der Waals surface area (Å²) in [5.41, 5.74) is 7.17. The molecule has 8 heteroatoms. The number of fused-ring (bicyclic) bond motifs is 1. The van der Waals surface area contributed by atoms with E-state index in [0.717, 1.165) is 53.0 Å². The van der Waals surface area contributed by atoms with Crippen LogP contribution in [0.3, 0.4) is 0 Å². The third-order valence-corrected chi connectivity index (χ3v) is 8.25. The molecule has 204 valence electrons. The van der Waals surface area contributed by atoms with Crippen molar-refractivity contribution in [1.82, 2.24) is 29.4 Å². The summed E-state index contributed by atoms with van der Waals surface area (Å²) in [4.78, 5) is 34.1. The summed E-state index contributed by atoms with van der Waals surface area (Å²) in [7, 11) is 3.97. The summed E-state index contributed by atoms with van der Waals surface area (Å²) in [6.45, 7) is 6.29. The molecule has 3 aromatic heterocycles. The molecule has 6 rings (SSSR count). The second kappa shape index (κ2) is 10.8. The van der Waals surface area contributed by atoms with Gasteiger partial charge >= 0.3 is 0 Å². The molecule has 1 aliphatic carbocycles. The molecule has 0 bridgehead atoms. The Labute approximate surface area is 234 Å². The second-order valence-corrected chi connectivity index (χ2v) is 11.0. The number of piperidine rings is 1. The second-order valence-electron chi connectivity index (χ2n) is 11.0. The number of nitrogens with zero attached hydrogens (tertiary/aromatic N) is 6. The number of allylic oxidation sites excluding steroid dienone is 2. The summed E-state index contributed by atoms with van der Waals surface area (Å²) in [6, 6.07) is 8.07. The van der Waals surface area contributed by atoms with Gasteiger partial charge in [-0.2, -0.15) is 4.98 Å². The highest BCUT2D eigenvalue weighted by molar-refractivity contribution is 5.83. The first-order valence-corrected chi connectivity index (χ1v) is 14.0. The van der Waals surface area contributed by atoms with E-state index < -0.39 is 0 Å². The van der Waals surface area contributed by atoms with Crippen LogP contribution in [0.4, 0.5) is 5.95 Å². The topological polar surface area (TPSA) is 88.8 Å². The molecule has 4 aromatic rings. The van der Waals surface area contributed by atoms with Crippen molar-refractivity contribution in [2.75, 3.05) is 25.5 Å². The normalized spacial score (nSPS) is 18.2. The standard InChI is InChI=1S/C32H35N7O/c1-20-17-24(29-21(2)33-13-14-34-29)7-10-27(20)28-18-25-19-35-32(37-30(25)39(4)31(28)40)36-26-8-5-22(6-9-26)23-11-15-38(3)16-12-23/h5-8,10,13-14,17-19,23,26H,9,11-12,15-16H2,1-4H3,(H,35,36,37)/t26-/m0/s1. The Balaban J connectivity index is 1.22. The Morgan fingerprint density at radius 1 is 0.975 bits per heavy atom. The first-order chi connectivity index (χ1) is 19.4. The summed E-state index contributed by atoms with van der Waals surface area (Å²) in [5, 5.41) is 4.26. The fourth-order valence-electron chi connectivity index (χ4n) is 5.87. The summed E-state index contributed by atoms with van der Waals surface area (Å²) < 4.78 is 1.62. The van der Waals surface area contributed by atoms with Crippen LogP contribution in [0.2, 0.25) is 0 Å². The number of anilines is 1. The van der Waals surface area contributed by atoms with E-state index in [2.05, 4.69) is 56.5 Å². The number of benzene rings is 1. The molecule has 2 aliphatic rings. The number of aryl methyl sites for hydroxylation is 3. The predicted octanol–water partition coefficient (Wildman–Crippen LogP) is 5.08. The van der Waals surface area contributed by atoms with Gasteiger partial charge < -0.3 is 10.2 Å². The van der Waals surface area contributed by atoms with Crippen molar-refractivity contribution in [1.29, 1.82) is 0 Å². The Morgan fingerprint density at radius 2 is 1.77 bits per heavy atom. The van der Waals surface area contributed by atoms with Crippen LogP contribution in [0.5, 0.6) is 0 Å². The van der Waals surface area contributed by atoms with Crippen LogP contribution < -0.4 is 10.9 Å². The van der Waals surface area contributed by atoms with Gasteiger partial charge in [0.2, 0.25) is 5.95 Å². The molecule has 1 fully saturated rings. The Hall–Kier alpha value is -4.17. The molecule has 4 heterocycles. The van der Waals surface area contributed by atoms with E-state index in [0.29, 0.717) is 23.1 Å². The Kier molecular flexibility index (Phi) is 7.02. The molecular weight excluding hydrogens is 498 g/mol. The highest BCUT2D eigenvalue weighted by Gasteiger charge is 2.21. The average molecular weight is 534 g/mol. The van der Waals surface area contributed by atoms with E-state index in [-0.39, 0.29) is 11.6 Å². The fraction of sp³-hybridized carbons (Fsp3) is 0.344. The van der Waals surface area contributed by atoms with Gasteiger partial charge in [0.1, 0.15) is 5.65 Å². The van der Waals surface area contributed by atoms with Crippen LogP contribution in [-0.4, -0.2) is 55.6 Å². The van der Waals surface area contributed by atoms with Crippen LogP contribution in [0, 0.1) is 19.8 Å². The molecule has 1 saturated heterocycles. The van der Waals surface area contributed by atoms with E-state index >= 15 is 0 Å². The van der Waals surface area contributed by atoms with E-state index in [9.17, 15) is 4.79 Å². The van der Waals surface area contributed by atoms with Gasteiger partial charge in [-0.1, -0.05) is 30.4 Å². The van der Waals surface area contributed by atoms with Crippen LogP contribution in [0.1, 0.15) is 30.5 Å². The zero-order valence-electron chi connectivity index (χ0n) is 23.6.